The van der Waals surface area contributed by atoms with Gasteiger partial charge in [0.2, 0.25) is 5.39 Å². The summed E-state index contributed by atoms with van der Waals surface area (Å²) in [6.45, 7) is 0. The van der Waals surface area contributed by atoms with E-state index in [0.717, 1.165) is 0 Å². The lowest BCUT2D eigenvalue weighted by Crippen LogP contribution is -2.59. The van der Waals surface area contributed by atoms with E-state index < -0.39 is 78.0 Å². The van der Waals surface area contributed by atoms with Crippen LogP contribution in [0.2, 0.25) is 0 Å². The second-order valence-electron chi connectivity index (χ2n) is 6.18. The van der Waals surface area contributed by atoms with Gasteiger partial charge in [-0.15, -0.1) is 0 Å². The summed E-state index contributed by atoms with van der Waals surface area (Å²) >= 11 is 0. The predicted octanol–water partition coefficient (Wildman–Crippen LogP) is 5.24. The molecule has 0 heterocycles. The zero-order valence-corrected chi connectivity index (χ0v) is 18.3. The second-order valence-corrected chi connectivity index (χ2v) is 9.81. The molecule has 0 bridgehead atoms. The molecule has 1 atom stereocenters. The Morgan fingerprint density at radius 3 is 1.76 bits per heavy atom. The zero-order chi connectivity index (χ0) is 30.3. The standard InChI is InChI=1S/C13H4F14N3O6S2/c14-7(15)8(16)35-13(27,10(20,21)22)36-11(23,24)12(25,26)38(33,34)30-37(31,32)6-2-1-4(9(17,18)19)3-5(6)29-28/h1-3,30H/q+1. The maximum absolute atomic E-state index is 14.0. The van der Waals surface area contributed by atoms with Crippen LogP contribution in [0.1, 0.15) is 5.56 Å². The van der Waals surface area contributed by atoms with Crippen LogP contribution in [0.15, 0.2) is 35.2 Å². The van der Waals surface area contributed by atoms with Crippen LogP contribution in [-0.4, -0.2) is 40.4 Å². The van der Waals surface area contributed by atoms with Gasteiger partial charge >= 0.3 is 47.5 Å². The van der Waals surface area contributed by atoms with Gasteiger partial charge in [-0.2, -0.15) is 61.5 Å². The van der Waals surface area contributed by atoms with Gasteiger partial charge in [0.25, 0.3) is 20.0 Å². The Labute approximate surface area is 199 Å². The van der Waals surface area contributed by atoms with E-state index >= 15 is 0 Å². The number of sulfonamides is 2. The van der Waals surface area contributed by atoms with E-state index in [4.69, 9.17) is 5.39 Å². The lowest BCUT2D eigenvalue weighted by atomic mass is 10.2. The molecule has 1 aromatic carbocycles. The molecule has 0 saturated carbocycles. The maximum atomic E-state index is 14.0. The molecule has 0 saturated heterocycles. The molecule has 38 heavy (non-hydrogen) atoms. The van der Waals surface area contributed by atoms with E-state index in [-0.39, 0.29) is 22.3 Å². The van der Waals surface area contributed by atoms with Crippen molar-refractivity contribution in [3.8, 4) is 0 Å². The quantitative estimate of drug-likeness (QED) is 0.172. The van der Waals surface area contributed by atoms with E-state index in [1.54, 1.807) is 0 Å². The molecule has 1 unspecified atom stereocenters. The molecule has 0 aromatic heterocycles. The highest BCUT2D eigenvalue weighted by molar-refractivity contribution is 8.05. The van der Waals surface area contributed by atoms with Crippen molar-refractivity contribution in [3.63, 3.8) is 0 Å². The van der Waals surface area contributed by atoms with E-state index in [9.17, 15) is 78.3 Å². The molecular weight excluding hydrogens is 624 g/mol. The summed E-state index contributed by atoms with van der Waals surface area (Å²) in [6, 6.07) is -11.6. The summed E-state index contributed by atoms with van der Waals surface area (Å²) in [5, 5.41) is 1.31. The summed E-state index contributed by atoms with van der Waals surface area (Å²) in [5.41, 5.74) is -3.52. The van der Waals surface area contributed by atoms with Gasteiger partial charge in [0.1, 0.15) is 0 Å². The Hall–Kier alpha value is -2.98. The minimum absolute atomic E-state index is 0.171. The highest BCUT2D eigenvalue weighted by atomic mass is 32.3. The monoisotopic (exact) mass is 628 g/mol. The van der Waals surface area contributed by atoms with Crippen LogP contribution in [-0.2, 0) is 35.7 Å². The summed E-state index contributed by atoms with van der Waals surface area (Å²) in [5.74, 6) is 0. The van der Waals surface area contributed by atoms with Gasteiger partial charge in [-0.1, -0.05) is 4.13 Å². The van der Waals surface area contributed by atoms with Gasteiger partial charge in [0.15, 0.2) is 9.87 Å². The summed E-state index contributed by atoms with van der Waals surface area (Å²) in [7, 11) is -14.0. The number of nitrogens with one attached hydrogen (secondary N) is 1. The fraction of sp³-hybridized carbons (Fsp3) is 0.385. The molecule has 0 fully saturated rings. The Kier molecular flexibility index (Phi) is 8.66. The average molecular weight is 628 g/mol. The first kappa shape index (κ1) is 33.0. The first-order valence-electron chi connectivity index (χ1n) is 8.11. The van der Waals surface area contributed by atoms with Crippen molar-refractivity contribution in [2.75, 3.05) is 0 Å². The molecular formula is C13H4F14N3O6S2+. The SMILES string of the molecule is N#[N+]c1cc(C(F)(F)F)ccc1S(=O)(=O)NS(=O)(=O)C(F)(F)C(F)(F)OC(F)(OC(F)=C(F)F)C(F)(F)F. The molecule has 1 aromatic rings. The lowest BCUT2D eigenvalue weighted by molar-refractivity contribution is -0.504. The third-order valence-corrected chi connectivity index (χ3v) is 7.14. The summed E-state index contributed by atoms with van der Waals surface area (Å²) < 4.78 is 233. The molecule has 0 aliphatic carbocycles. The zero-order valence-electron chi connectivity index (χ0n) is 16.7. The molecule has 0 radical (unpaired) electrons. The number of nitrogens with zero attached hydrogens (tertiary/aromatic N) is 2. The third kappa shape index (κ3) is 6.53. The van der Waals surface area contributed by atoms with E-state index in [1.807, 2.05) is 9.71 Å². The molecule has 1 rings (SSSR count). The number of diazo groups is 1. The van der Waals surface area contributed by atoms with Crippen LogP contribution in [0, 0.1) is 5.39 Å². The molecule has 9 nitrogen and oxygen atoms in total. The second kappa shape index (κ2) is 9.96. The Bertz CT molecular complexity index is 1360. The van der Waals surface area contributed by atoms with E-state index in [0.29, 0.717) is 0 Å². The van der Waals surface area contributed by atoms with Crippen LogP contribution in [0.4, 0.5) is 67.2 Å². The smallest absolute Gasteiger partial charge is 0.399 e. The highest BCUT2D eigenvalue weighted by Gasteiger charge is 2.76. The van der Waals surface area contributed by atoms with Gasteiger partial charge in [0.05, 0.1) is 5.56 Å². The number of ether oxygens (including phenoxy) is 2. The van der Waals surface area contributed by atoms with Crippen molar-refractivity contribution in [2.24, 2.45) is 0 Å². The minimum Gasteiger partial charge on any atom is -0.399 e. The van der Waals surface area contributed by atoms with Crippen LogP contribution in [0.5, 0.6) is 0 Å². The largest absolute Gasteiger partial charge is 0.491 e. The van der Waals surface area contributed by atoms with Crippen molar-refractivity contribution in [1.82, 2.24) is 4.13 Å². The summed E-state index contributed by atoms with van der Waals surface area (Å²) in [6.07, 6.45) is -23.9. The van der Waals surface area contributed by atoms with E-state index in [1.165, 1.54) is 0 Å². The van der Waals surface area contributed by atoms with E-state index in [2.05, 4.69) is 4.74 Å². The third-order valence-electron chi connectivity index (χ3n) is 3.55. The topological polar surface area (TPSA) is 127 Å². The number of halogens is 14. The van der Waals surface area contributed by atoms with Crippen molar-refractivity contribution < 1.29 is 87.8 Å². The lowest BCUT2D eigenvalue weighted by Gasteiger charge is -2.32. The Morgan fingerprint density at radius 2 is 1.37 bits per heavy atom. The number of alkyl halides is 11. The molecule has 1 N–H and O–H groups in total. The fourth-order valence-corrected chi connectivity index (χ4v) is 4.82. The van der Waals surface area contributed by atoms with Crippen LogP contribution < -0.4 is 4.13 Å². The number of rotatable bonds is 9. The molecule has 25 heteroatoms. The van der Waals surface area contributed by atoms with Crippen LogP contribution in [0.25, 0.3) is 4.98 Å². The molecule has 0 amide bonds. The fourth-order valence-electron chi connectivity index (χ4n) is 1.91. The Morgan fingerprint density at radius 1 is 0.868 bits per heavy atom. The Balaban J connectivity index is 3.56. The number of hydrogen-bond acceptors (Lipinski definition) is 7. The van der Waals surface area contributed by atoms with Crippen LogP contribution in [0.3, 0.4) is 0 Å². The molecule has 0 aliphatic rings. The van der Waals surface area contributed by atoms with Crippen LogP contribution >= 0.6 is 0 Å². The van der Waals surface area contributed by atoms with Gasteiger partial charge in [0, 0.05) is 6.07 Å². The average Bonchev–Trinajstić information content (AvgIpc) is 2.70. The van der Waals surface area contributed by atoms with Gasteiger partial charge in [-0.05, 0) is 12.1 Å². The normalized spacial score (nSPS) is 15.4. The first-order chi connectivity index (χ1) is 16.7. The predicted molar refractivity (Wildman–Crippen MR) is 87.7 cm³/mol. The van der Waals surface area contributed by atoms with Gasteiger partial charge in [-0.25, -0.2) is 21.6 Å². The number of hydrogen-bond donors (Lipinski definition) is 1. The molecule has 216 valence electrons. The molecule has 0 spiro atoms. The maximum Gasteiger partial charge on any atom is 0.491 e. The summed E-state index contributed by atoms with van der Waals surface area (Å²) in [4.78, 5) is 0.0727. The highest BCUT2D eigenvalue weighted by Crippen LogP contribution is 2.48. The van der Waals surface area contributed by atoms with Crippen molar-refractivity contribution in [1.29, 1.82) is 5.39 Å². The van der Waals surface area contributed by atoms with Crippen molar-refractivity contribution >= 4 is 25.7 Å². The number of benzene rings is 1. The van der Waals surface area contributed by atoms with Crippen molar-refractivity contribution in [2.45, 2.75) is 34.7 Å². The molecule has 0 aliphatic heterocycles. The first-order valence-corrected chi connectivity index (χ1v) is 11.1. The van der Waals surface area contributed by atoms with Crippen molar-refractivity contribution in [3.05, 3.63) is 40.8 Å². The van der Waals surface area contributed by atoms with Gasteiger partial charge in [-0.3, -0.25) is 0 Å². The minimum atomic E-state index is -7.68. The van der Waals surface area contributed by atoms with Gasteiger partial charge < -0.3 is 4.74 Å².